The summed E-state index contributed by atoms with van der Waals surface area (Å²) in [7, 11) is 1.51. The number of rotatable bonds is 4. The van der Waals surface area contributed by atoms with E-state index in [4.69, 9.17) is 11.6 Å². The highest BCUT2D eigenvalue weighted by atomic mass is 35.5. The van der Waals surface area contributed by atoms with Crippen LogP contribution in [0.2, 0.25) is 5.15 Å². The predicted molar refractivity (Wildman–Crippen MR) is 111 cm³/mol. The molecule has 0 bridgehead atoms. The zero-order chi connectivity index (χ0) is 21.8. The molecule has 2 aromatic heterocycles. The van der Waals surface area contributed by atoms with E-state index in [2.05, 4.69) is 26.8 Å². The monoisotopic (exact) mass is 428 g/mol. The summed E-state index contributed by atoms with van der Waals surface area (Å²) >= 11 is 6.27. The first-order valence-corrected chi connectivity index (χ1v) is 9.62. The fourth-order valence-electron chi connectivity index (χ4n) is 3.36. The van der Waals surface area contributed by atoms with Gasteiger partial charge in [0.15, 0.2) is 0 Å². The molecule has 0 aromatic carbocycles. The van der Waals surface area contributed by atoms with Gasteiger partial charge >= 0.3 is 0 Å². The third-order valence-electron chi connectivity index (χ3n) is 4.86. The smallest absolute Gasteiger partial charge is 0.269 e. The number of piperazine rings is 1. The van der Waals surface area contributed by atoms with E-state index >= 15 is 0 Å². The molecule has 1 fully saturated rings. The Kier molecular flexibility index (Phi) is 6.41. The molecule has 2 aromatic rings. The van der Waals surface area contributed by atoms with Crippen LogP contribution in [0.5, 0.6) is 0 Å². The Morgan fingerprint density at radius 2 is 1.97 bits per heavy atom. The van der Waals surface area contributed by atoms with Gasteiger partial charge < -0.3 is 15.1 Å². The first-order valence-electron chi connectivity index (χ1n) is 9.24. The van der Waals surface area contributed by atoms with Crippen molar-refractivity contribution < 1.29 is 14.4 Å². The molecule has 0 unspecified atom stereocenters. The molecule has 3 amide bonds. The third kappa shape index (κ3) is 4.46. The van der Waals surface area contributed by atoms with Gasteiger partial charge in [0.05, 0.1) is 17.4 Å². The molecular formula is C20H21ClN6O3. The lowest BCUT2D eigenvalue weighted by Crippen LogP contribution is -2.51. The average molecular weight is 429 g/mol. The molecule has 0 saturated carbocycles. The standard InChI is InChI=1S/C20H21ClN6O3/c1-4-19(29)26-5-6-27(12(2)28)17(10-26)13-7-15(25-18(21)8-13)14-9-16(20(30)22-3)24-11-23-14/h4,7-9,11,17H,1,5-6,10H2,2-3H3,(H,22,30)/t17-/m1/s1. The van der Waals surface area contributed by atoms with Gasteiger partial charge in [-0.05, 0) is 29.8 Å². The van der Waals surface area contributed by atoms with E-state index < -0.39 is 6.04 Å². The highest BCUT2D eigenvalue weighted by Gasteiger charge is 2.32. The van der Waals surface area contributed by atoms with Crippen molar-refractivity contribution in [3.8, 4) is 11.4 Å². The zero-order valence-electron chi connectivity index (χ0n) is 16.6. The summed E-state index contributed by atoms with van der Waals surface area (Å²) < 4.78 is 0. The van der Waals surface area contributed by atoms with Crippen molar-refractivity contribution in [1.82, 2.24) is 30.1 Å². The lowest BCUT2D eigenvalue weighted by Gasteiger charge is -2.41. The van der Waals surface area contributed by atoms with Gasteiger partial charge in [-0.1, -0.05) is 18.2 Å². The minimum atomic E-state index is -0.403. The molecule has 10 heteroatoms. The summed E-state index contributed by atoms with van der Waals surface area (Å²) in [5, 5.41) is 2.72. The van der Waals surface area contributed by atoms with Crippen LogP contribution >= 0.6 is 11.6 Å². The summed E-state index contributed by atoms with van der Waals surface area (Å²) in [5.74, 6) is -0.659. The van der Waals surface area contributed by atoms with Crippen molar-refractivity contribution in [1.29, 1.82) is 0 Å². The molecule has 3 heterocycles. The van der Waals surface area contributed by atoms with Gasteiger partial charge in [-0.25, -0.2) is 15.0 Å². The summed E-state index contributed by atoms with van der Waals surface area (Å²) in [6, 6.07) is 4.52. The van der Waals surface area contributed by atoms with Crippen LogP contribution in [0.1, 0.15) is 29.0 Å². The van der Waals surface area contributed by atoms with Crippen LogP contribution in [-0.2, 0) is 9.59 Å². The predicted octanol–water partition coefficient (Wildman–Crippen LogP) is 1.47. The van der Waals surface area contributed by atoms with Crippen molar-refractivity contribution in [2.75, 3.05) is 26.7 Å². The molecular weight excluding hydrogens is 408 g/mol. The van der Waals surface area contributed by atoms with Crippen molar-refractivity contribution in [2.24, 2.45) is 0 Å². The van der Waals surface area contributed by atoms with Crippen LogP contribution in [0.15, 0.2) is 37.2 Å². The van der Waals surface area contributed by atoms with Crippen molar-refractivity contribution in [3.05, 3.63) is 53.6 Å². The summed E-state index contributed by atoms with van der Waals surface area (Å²) in [6.07, 6.45) is 2.53. The van der Waals surface area contributed by atoms with Gasteiger partial charge in [-0.3, -0.25) is 14.4 Å². The van der Waals surface area contributed by atoms with Crippen molar-refractivity contribution in [2.45, 2.75) is 13.0 Å². The Hall–Kier alpha value is -3.33. The van der Waals surface area contributed by atoms with E-state index in [0.717, 1.165) is 0 Å². The number of hydrogen-bond donors (Lipinski definition) is 1. The Morgan fingerprint density at radius 1 is 1.20 bits per heavy atom. The average Bonchev–Trinajstić information content (AvgIpc) is 2.77. The molecule has 1 saturated heterocycles. The Morgan fingerprint density at radius 3 is 2.63 bits per heavy atom. The lowest BCUT2D eigenvalue weighted by molar-refractivity contribution is -0.139. The van der Waals surface area contributed by atoms with Crippen LogP contribution in [-0.4, -0.2) is 69.2 Å². The fourth-order valence-corrected chi connectivity index (χ4v) is 3.58. The molecule has 3 rings (SSSR count). The molecule has 30 heavy (non-hydrogen) atoms. The first-order chi connectivity index (χ1) is 14.3. The van der Waals surface area contributed by atoms with Gasteiger partial charge in [0.1, 0.15) is 17.2 Å². The quantitative estimate of drug-likeness (QED) is 0.583. The van der Waals surface area contributed by atoms with Gasteiger partial charge in [0.2, 0.25) is 11.8 Å². The highest BCUT2D eigenvalue weighted by Crippen LogP contribution is 2.30. The van der Waals surface area contributed by atoms with Crippen LogP contribution in [0.25, 0.3) is 11.4 Å². The SMILES string of the molecule is C=CC(=O)N1CCN(C(C)=O)[C@@H](c2cc(Cl)nc(-c3cc(C(=O)NC)ncn3)c2)C1. The van der Waals surface area contributed by atoms with E-state index in [-0.39, 0.29) is 28.6 Å². The number of nitrogens with one attached hydrogen (secondary N) is 1. The molecule has 1 aliphatic rings. The Balaban J connectivity index is 2.02. The highest BCUT2D eigenvalue weighted by molar-refractivity contribution is 6.29. The fraction of sp³-hybridized carbons (Fsp3) is 0.300. The molecule has 0 aliphatic carbocycles. The maximum atomic E-state index is 12.2. The minimum Gasteiger partial charge on any atom is -0.354 e. The van der Waals surface area contributed by atoms with E-state index in [1.54, 1.807) is 21.9 Å². The van der Waals surface area contributed by atoms with Crippen molar-refractivity contribution >= 4 is 29.3 Å². The Bertz CT molecular complexity index is 1010. The van der Waals surface area contributed by atoms with E-state index in [9.17, 15) is 14.4 Å². The van der Waals surface area contributed by atoms with Crippen LogP contribution < -0.4 is 5.32 Å². The van der Waals surface area contributed by atoms with Gasteiger partial charge in [0, 0.05) is 33.6 Å². The maximum absolute atomic E-state index is 12.2. The molecule has 1 aliphatic heterocycles. The number of carbonyl (C=O) groups is 3. The minimum absolute atomic E-state index is 0.107. The number of nitrogens with zero attached hydrogens (tertiary/aromatic N) is 5. The number of amides is 3. The molecule has 156 valence electrons. The molecule has 1 N–H and O–H groups in total. The summed E-state index contributed by atoms with van der Waals surface area (Å²) in [5.41, 5.74) is 1.75. The molecule has 0 radical (unpaired) electrons. The van der Waals surface area contributed by atoms with Crippen LogP contribution in [0.3, 0.4) is 0 Å². The second-order valence-corrected chi connectivity index (χ2v) is 7.08. The molecule has 0 spiro atoms. The van der Waals surface area contributed by atoms with Crippen LogP contribution in [0, 0.1) is 0 Å². The first kappa shape index (κ1) is 21.4. The summed E-state index contributed by atoms with van der Waals surface area (Å²) in [4.78, 5) is 52.0. The lowest BCUT2D eigenvalue weighted by atomic mass is 10.0. The van der Waals surface area contributed by atoms with Crippen molar-refractivity contribution in [3.63, 3.8) is 0 Å². The second-order valence-electron chi connectivity index (χ2n) is 6.69. The molecule has 9 nitrogen and oxygen atoms in total. The second kappa shape index (κ2) is 9.00. The topological polar surface area (TPSA) is 108 Å². The number of aromatic nitrogens is 3. The number of halogens is 1. The van der Waals surface area contributed by atoms with Gasteiger partial charge in [-0.15, -0.1) is 0 Å². The maximum Gasteiger partial charge on any atom is 0.269 e. The summed E-state index contributed by atoms with van der Waals surface area (Å²) in [6.45, 7) is 6.14. The molecule has 1 atom stereocenters. The van der Waals surface area contributed by atoms with Gasteiger partial charge in [0.25, 0.3) is 5.91 Å². The largest absolute Gasteiger partial charge is 0.354 e. The number of hydrogen-bond acceptors (Lipinski definition) is 6. The van der Waals surface area contributed by atoms with E-state index in [1.165, 1.54) is 32.4 Å². The van der Waals surface area contributed by atoms with Crippen LogP contribution in [0.4, 0.5) is 0 Å². The van der Waals surface area contributed by atoms with E-state index in [0.29, 0.717) is 36.6 Å². The zero-order valence-corrected chi connectivity index (χ0v) is 17.4. The van der Waals surface area contributed by atoms with Gasteiger partial charge in [-0.2, -0.15) is 0 Å². The number of carbonyl (C=O) groups excluding carboxylic acids is 3. The van der Waals surface area contributed by atoms with E-state index in [1.807, 2.05) is 0 Å². The number of pyridine rings is 1. The Labute approximate surface area is 178 Å². The third-order valence-corrected chi connectivity index (χ3v) is 5.06. The normalized spacial score (nSPS) is 16.2.